The highest BCUT2D eigenvalue weighted by Crippen LogP contribution is 2.23. The highest BCUT2D eigenvalue weighted by Gasteiger charge is 2.07. The van der Waals surface area contributed by atoms with E-state index in [4.69, 9.17) is 0 Å². The molecule has 0 bridgehead atoms. The molecular weight excluding hydrogens is 260 g/mol. The van der Waals surface area contributed by atoms with Gasteiger partial charge in [0.1, 0.15) is 0 Å². The van der Waals surface area contributed by atoms with Crippen LogP contribution in [0.5, 0.6) is 0 Å². The number of carbonyl (C=O) groups is 1. The molecule has 1 atom stereocenters. The van der Waals surface area contributed by atoms with Gasteiger partial charge < -0.3 is 10.6 Å². The fourth-order valence-electron chi connectivity index (χ4n) is 2.30. The largest absolute Gasteiger partial charge is 0.379 e. The molecule has 0 saturated heterocycles. The summed E-state index contributed by atoms with van der Waals surface area (Å²) < 4.78 is 0. The van der Waals surface area contributed by atoms with Crippen molar-refractivity contribution in [3.63, 3.8) is 0 Å². The Labute approximate surface area is 126 Å². The minimum atomic E-state index is 0.0315. The van der Waals surface area contributed by atoms with E-state index in [0.717, 1.165) is 11.4 Å². The monoisotopic (exact) mass is 282 g/mol. The van der Waals surface area contributed by atoms with Gasteiger partial charge in [0.05, 0.1) is 0 Å². The summed E-state index contributed by atoms with van der Waals surface area (Å²) in [7, 11) is 0. The molecule has 3 nitrogen and oxygen atoms in total. The normalized spacial score (nSPS) is 11.8. The van der Waals surface area contributed by atoms with Crippen LogP contribution in [0.2, 0.25) is 0 Å². The van der Waals surface area contributed by atoms with E-state index in [1.807, 2.05) is 31.2 Å². The molecule has 0 fully saturated rings. The second-order valence-electron chi connectivity index (χ2n) is 5.20. The summed E-state index contributed by atoms with van der Waals surface area (Å²) in [6.07, 6.45) is 0.490. The van der Waals surface area contributed by atoms with Gasteiger partial charge >= 0.3 is 0 Å². The van der Waals surface area contributed by atoms with Crippen molar-refractivity contribution >= 4 is 17.3 Å². The third-order valence-corrected chi connectivity index (χ3v) is 3.53. The number of benzene rings is 2. The number of amides is 1. The second kappa shape index (κ2) is 6.93. The molecule has 3 heteroatoms. The number of nitrogens with one attached hydrogen (secondary N) is 2. The lowest BCUT2D eigenvalue weighted by atomic mass is 10.0. The Kier molecular flexibility index (Phi) is 4.99. The average Bonchev–Trinajstić information content (AvgIpc) is 2.49. The first-order valence-electron chi connectivity index (χ1n) is 7.32. The lowest BCUT2D eigenvalue weighted by molar-refractivity contribution is -0.115. The molecule has 0 heterocycles. The molecule has 2 N–H and O–H groups in total. The van der Waals surface area contributed by atoms with Gasteiger partial charge in [-0.15, -0.1) is 0 Å². The molecule has 0 aliphatic rings. The van der Waals surface area contributed by atoms with Gasteiger partial charge in [-0.1, -0.05) is 31.2 Å². The van der Waals surface area contributed by atoms with Crippen LogP contribution >= 0.6 is 0 Å². The first-order valence-corrected chi connectivity index (χ1v) is 7.32. The zero-order chi connectivity index (χ0) is 15.2. The fraction of sp³-hybridized carbons (Fsp3) is 0.278. The highest BCUT2D eigenvalue weighted by atomic mass is 16.1. The van der Waals surface area contributed by atoms with E-state index in [2.05, 4.69) is 48.7 Å². The molecule has 0 spiro atoms. The molecule has 110 valence electrons. The Morgan fingerprint density at radius 3 is 2.29 bits per heavy atom. The van der Waals surface area contributed by atoms with Crippen molar-refractivity contribution < 1.29 is 4.79 Å². The molecule has 2 aromatic rings. The van der Waals surface area contributed by atoms with Crippen LogP contribution in [0, 0.1) is 6.92 Å². The van der Waals surface area contributed by atoms with Crippen LogP contribution in [0.15, 0.2) is 48.5 Å². The van der Waals surface area contributed by atoms with Crippen LogP contribution in [-0.4, -0.2) is 5.91 Å². The highest BCUT2D eigenvalue weighted by molar-refractivity contribution is 5.90. The van der Waals surface area contributed by atoms with Gasteiger partial charge in [-0.2, -0.15) is 0 Å². The van der Waals surface area contributed by atoms with Gasteiger partial charge in [0.25, 0.3) is 0 Å². The molecule has 1 unspecified atom stereocenters. The molecule has 0 aliphatic heterocycles. The van der Waals surface area contributed by atoms with Gasteiger partial charge in [0.15, 0.2) is 0 Å². The maximum Gasteiger partial charge on any atom is 0.224 e. The van der Waals surface area contributed by atoms with Crippen LogP contribution < -0.4 is 10.6 Å². The van der Waals surface area contributed by atoms with Crippen molar-refractivity contribution in [2.24, 2.45) is 0 Å². The number of hydrogen-bond acceptors (Lipinski definition) is 2. The van der Waals surface area contributed by atoms with Gasteiger partial charge in [-0.25, -0.2) is 0 Å². The minimum Gasteiger partial charge on any atom is -0.379 e. The van der Waals surface area contributed by atoms with Gasteiger partial charge in [0, 0.05) is 23.8 Å². The van der Waals surface area contributed by atoms with Crippen molar-refractivity contribution in [1.29, 1.82) is 0 Å². The number of rotatable bonds is 5. The van der Waals surface area contributed by atoms with E-state index in [9.17, 15) is 4.79 Å². The quantitative estimate of drug-likeness (QED) is 0.846. The summed E-state index contributed by atoms with van der Waals surface area (Å²) in [5.41, 5.74) is 4.45. The van der Waals surface area contributed by atoms with E-state index in [1.54, 1.807) is 0 Å². The number of aryl methyl sites for hydroxylation is 1. The van der Waals surface area contributed by atoms with Gasteiger partial charge in [-0.3, -0.25) is 4.79 Å². The minimum absolute atomic E-state index is 0.0315. The van der Waals surface area contributed by atoms with Crippen molar-refractivity contribution in [3.05, 3.63) is 59.7 Å². The van der Waals surface area contributed by atoms with E-state index in [1.165, 1.54) is 11.1 Å². The maximum absolute atomic E-state index is 11.3. The lowest BCUT2D eigenvalue weighted by Gasteiger charge is -2.18. The van der Waals surface area contributed by atoms with Crippen molar-refractivity contribution in [1.82, 2.24) is 0 Å². The molecule has 2 rings (SSSR count). The van der Waals surface area contributed by atoms with E-state index >= 15 is 0 Å². The van der Waals surface area contributed by atoms with Crippen LogP contribution in [0.4, 0.5) is 11.4 Å². The first kappa shape index (κ1) is 15.1. The molecule has 0 saturated carbocycles. The van der Waals surface area contributed by atoms with Crippen LogP contribution in [0.1, 0.15) is 37.4 Å². The topological polar surface area (TPSA) is 41.1 Å². The van der Waals surface area contributed by atoms with Crippen molar-refractivity contribution in [3.8, 4) is 0 Å². The van der Waals surface area contributed by atoms with Gasteiger partial charge in [-0.05, 0) is 49.2 Å². The number of anilines is 2. The zero-order valence-corrected chi connectivity index (χ0v) is 12.8. The Morgan fingerprint density at radius 1 is 1.05 bits per heavy atom. The third-order valence-electron chi connectivity index (χ3n) is 3.53. The fourth-order valence-corrected chi connectivity index (χ4v) is 2.30. The molecule has 1 amide bonds. The summed E-state index contributed by atoms with van der Waals surface area (Å²) in [4.78, 5) is 11.3. The Morgan fingerprint density at radius 2 is 1.67 bits per heavy atom. The van der Waals surface area contributed by atoms with Crippen molar-refractivity contribution in [2.75, 3.05) is 10.6 Å². The molecule has 21 heavy (non-hydrogen) atoms. The molecule has 2 aromatic carbocycles. The second-order valence-corrected chi connectivity index (χ2v) is 5.20. The van der Waals surface area contributed by atoms with Crippen LogP contribution in [0.3, 0.4) is 0 Å². The summed E-state index contributed by atoms with van der Waals surface area (Å²) in [5.74, 6) is 0.0315. The summed E-state index contributed by atoms with van der Waals surface area (Å²) >= 11 is 0. The molecule has 0 radical (unpaired) electrons. The summed E-state index contributed by atoms with van der Waals surface area (Å²) in [6, 6.07) is 16.4. The van der Waals surface area contributed by atoms with Crippen molar-refractivity contribution in [2.45, 2.75) is 33.2 Å². The number of hydrogen-bond donors (Lipinski definition) is 2. The smallest absolute Gasteiger partial charge is 0.224 e. The average molecular weight is 282 g/mol. The SMILES string of the molecule is CCC(=O)Nc1ccc(NC(C)c2ccccc2C)cc1. The summed E-state index contributed by atoms with van der Waals surface area (Å²) in [5, 5.41) is 6.33. The van der Waals surface area contributed by atoms with E-state index in [-0.39, 0.29) is 11.9 Å². The maximum atomic E-state index is 11.3. The Hall–Kier alpha value is -2.29. The zero-order valence-electron chi connectivity index (χ0n) is 12.8. The predicted octanol–water partition coefficient (Wildman–Crippen LogP) is 4.52. The summed E-state index contributed by atoms with van der Waals surface area (Å²) in [6.45, 7) is 6.11. The predicted molar refractivity (Wildman–Crippen MR) is 88.6 cm³/mol. The Bertz CT molecular complexity index is 605. The van der Waals surface area contributed by atoms with E-state index in [0.29, 0.717) is 6.42 Å². The molecule has 0 aliphatic carbocycles. The Balaban J connectivity index is 2.03. The molecule has 0 aromatic heterocycles. The van der Waals surface area contributed by atoms with E-state index < -0.39 is 0 Å². The number of carbonyl (C=O) groups excluding carboxylic acids is 1. The first-order chi connectivity index (χ1) is 10.1. The van der Waals surface area contributed by atoms with Gasteiger partial charge in [0.2, 0.25) is 5.91 Å². The standard InChI is InChI=1S/C18H22N2O/c1-4-18(21)20-16-11-9-15(10-12-16)19-14(3)17-8-6-5-7-13(17)2/h5-12,14,19H,4H2,1-3H3,(H,20,21). The molecular formula is C18H22N2O. The lowest BCUT2D eigenvalue weighted by Crippen LogP contribution is -2.10. The van der Waals surface area contributed by atoms with Crippen LogP contribution in [0.25, 0.3) is 0 Å². The van der Waals surface area contributed by atoms with Crippen LogP contribution in [-0.2, 0) is 4.79 Å². The third kappa shape index (κ3) is 4.09.